The zero-order chi connectivity index (χ0) is 34.6. The van der Waals surface area contributed by atoms with Crippen LogP contribution >= 0.6 is 23.2 Å². The number of hydrogen-bond acceptors (Lipinski definition) is 7. The maximum absolute atomic E-state index is 15.5. The first kappa shape index (κ1) is 33.8. The highest BCUT2D eigenvalue weighted by atomic mass is 35.5. The molecule has 2 atom stereocenters. The molecule has 4 aromatic rings. The Hall–Kier alpha value is -4.60. The van der Waals surface area contributed by atoms with Crippen LogP contribution in [0.3, 0.4) is 0 Å². The molecular formula is C33H30Cl2F3N7O2. The third-order valence-electron chi connectivity index (χ3n) is 8.31. The van der Waals surface area contributed by atoms with E-state index in [0.717, 1.165) is 0 Å². The monoisotopic (exact) mass is 683 g/mol. The van der Waals surface area contributed by atoms with Crippen molar-refractivity contribution in [2.45, 2.75) is 52.6 Å². The van der Waals surface area contributed by atoms with E-state index in [0.29, 0.717) is 16.9 Å². The van der Waals surface area contributed by atoms with Gasteiger partial charge in [-0.15, -0.1) is 0 Å². The van der Waals surface area contributed by atoms with E-state index in [1.165, 1.54) is 16.7 Å². The quantitative estimate of drug-likeness (QED) is 0.108. The van der Waals surface area contributed by atoms with Crippen LogP contribution in [0.4, 0.5) is 24.5 Å². The third-order valence-corrected chi connectivity index (χ3v) is 8.95. The fraction of sp³-hybridized carbons (Fsp3) is 0.303. The lowest BCUT2D eigenvalue weighted by Gasteiger charge is -2.45. The average molecular weight is 685 g/mol. The molecule has 1 fully saturated rings. The molecule has 4 heterocycles. The highest BCUT2D eigenvalue weighted by Crippen LogP contribution is 2.43. The van der Waals surface area contributed by atoms with Gasteiger partial charge < -0.3 is 15.5 Å². The molecule has 14 heteroatoms. The second kappa shape index (κ2) is 12.5. The summed E-state index contributed by atoms with van der Waals surface area (Å²) in [5.41, 5.74) is 3.88. The molecule has 0 saturated carbocycles. The van der Waals surface area contributed by atoms with E-state index in [1.54, 1.807) is 29.0 Å². The summed E-state index contributed by atoms with van der Waals surface area (Å²) < 4.78 is 45.8. The predicted molar refractivity (Wildman–Crippen MR) is 177 cm³/mol. The number of aryl methyl sites for hydroxylation is 1. The number of halogens is 5. The molecule has 0 unspecified atom stereocenters. The van der Waals surface area contributed by atoms with E-state index in [1.807, 2.05) is 27.7 Å². The first-order valence-corrected chi connectivity index (χ1v) is 15.4. The number of anilines is 2. The summed E-state index contributed by atoms with van der Waals surface area (Å²) in [6.45, 7) is 13.2. The molecule has 9 nitrogen and oxygen atoms in total. The highest BCUT2D eigenvalue weighted by molar-refractivity contribution is 6.37. The maximum atomic E-state index is 15.5. The number of carbonyl (C=O) groups excluding carboxylic acids is 1. The number of amides is 1. The SMILES string of the molecule is C=CC(=O)N1[C@H](C)CN(c2c(C#N)c(=O)n(-c3c(C)ccnc3C(C)C)c3nc(-c4c(F)c(N)c(F)c(F)c4Cl)c(Cl)cc23)C[C@@H]1C. The summed E-state index contributed by atoms with van der Waals surface area (Å²) in [7, 11) is 0. The molecule has 244 valence electrons. The van der Waals surface area contributed by atoms with Crippen LogP contribution in [0.1, 0.15) is 50.4 Å². The summed E-state index contributed by atoms with van der Waals surface area (Å²) in [5.74, 6) is -5.12. The first-order valence-electron chi connectivity index (χ1n) is 14.6. The number of aromatic nitrogens is 3. The Labute approximate surface area is 278 Å². The number of nitriles is 1. The number of piperazine rings is 1. The van der Waals surface area contributed by atoms with Gasteiger partial charge in [0, 0.05) is 36.8 Å². The molecule has 47 heavy (non-hydrogen) atoms. The van der Waals surface area contributed by atoms with Crippen molar-refractivity contribution in [1.29, 1.82) is 5.26 Å². The van der Waals surface area contributed by atoms with E-state index in [-0.39, 0.29) is 64.3 Å². The molecule has 1 aliphatic heterocycles. The van der Waals surface area contributed by atoms with Crippen LogP contribution in [-0.2, 0) is 4.79 Å². The minimum atomic E-state index is -1.67. The molecule has 1 amide bonds. The van der Waals surface area contributed by atoms with Crippen molar-refractivity contribution >= 4 is 51.5 Å². The zero-order valence-electron chi connectivity index (χ0n) is 26.1. The Morgan fingerprint density at radius 1 is 1.15 bits per heavy atom. The fourth-order valence-electron chi connectivity index (χ4n) is 6.27. The Morgan fingerprint density at radius 3 is 2.36 bits per heavy atom. The smallest absolute Gasteiger partial charge is 0.276 e. The number of pyridine rings is 3. The molecule has 5 rings (SSSR count). The van der Waals surface area contributed by atoms with Gasteiger partial charge in [-0.25, -0.2) is 18.2 Å². The number of carbonyl (C=O) groups is 1. The van der Waals surface area contributed by atoms with E-state index >= 15 is 4.39 Å². The van der Waals surface area contributed by atoms with Crippen LogP contribution in [0.5, 0.6) is 0 Å². The number of nitrogen functional groups attached to an aromatic ring is 1. The Kier molecular flexibility index (Phi) is 9.01. The minimum absolute atomic E-state index is 0.0786. The van der Waals surface area contributed by atoms with Gasteiger partial charge in [0.1, 0.15) is 23.0 Å². The van der Waals surface area contributed by atoms with Crippen LogP contribution in [0.2, 0.25) is 10.0 Å². The normalized spacial score (nSPS) is 16.6. The zero-order valence-corrected chi connectivity index (χ0v) is 27.6. The van der Waals surface area contributed by atoms with Crippen molar-refractivity contribution in [3.05, 3.63) is 85.7 Å². The van der Waals surface area contributed by atoms with Crippen molar-refractivity contribution in [3.8, 4) is 23.0 Å². The van der Waals surface area contributed by atoms with E-state index in [4.69, 9.17) is 28.9 Å². The second-order valence-corrected chi connectivity index (χ2v) is 12.6. The molecule has 3 aromatic heterocycles. The van der Waals surface area contributed by atoms with Gasteiger partial charge in [0.15, 0.2) is 17.5 Å². The second-order valence-electron chi connectivity index (χ2n) is 11.8. The van der Waals surface area contributed by atoms with Crippen LogP contribution in [-0.4, -0.2) is 50.5 Å². The van der Waals surface area contributed by atoms with Crippen molar-refractivity contribution in [3.63, 3.8) is 0 Å². The van der Waals surface area contributed by atoms with Crippen LogP contribution in [0.15, 0.2) is 35.8 Å². The molecule has 1 aromatic carbocycles. The van der Waals surface area contributed by atoms with E-state index in [2.05, 4.69) is 22.6 Å². The van der Waals surface area contributed by atoms with Gasteiger partial charge in [0.25, 0.3) is 5.56 Å². The van der Waals surface area contributed by atoms with E-state index in [9.17, 15) is 23.6 Å². The lowest BCUT2D eigenvalue weighted by molar-refractivity contribution is -0.130. The van der Waals surface area contributed by atoms with Gasteiger partial charge in [-0.3, -0.25) is 19.1 Å². The summed E-state index contributed by atoms with van der Waals surface area (Å²) >= 11 is 12.8. The van der Waals surface area contributed by atoms with Gasteiger partial charge in [0.05, 0.1) is 38.4 Å². The molecule has 1 saturated heterocycles. The van der Waals surface area contributed by atoms with Gasteiger partial charge in [0.2, 0.25) is 5.91 Å². The van der Waals surface area contributed by atoms with Crippen molar-refractivity contribution in [2.75, 3.05) is 23.7 Å². The molecule has 1 aliphatic rings. The van der Waals surface area contributed by atoms with Crippen LogP contribution < -0.4 is 16.2 Å². The third kappa shape index (κ3) is 5.37. The highest BCUT2D eigenvalue weighted by Gasteiger charge is 2.36. The predicted octanol–water partition coefficient (Wildman–Crippen LogP) is 6.67. The fourth-order valence-corrected chi connectivity index (χ4v) is 6.77. The standard InChI is InChI=1S/C33H30Cl2F3N7O2/c1-7-21(46)44-16(5)12-43(13-17(44)6)31-18-10-20(34)29(22-23(35)25(37)26(38)27(40)24(22)36)42-32(18)45(33(47)19(31)11-39)30-15(4)8-9-41-28(30)14(2)3/h7-10,14,16-17H,1,12-13,40H2,2-6H3/t16-,17+. The number of hydrogen-bond donors (Lipinski definition) is 1. The summed E-state index contributed by atoms with van der Waals surface area (Å²) in [6, 6.07) is 4.40. The number of nitrogens with zero attached hydrogens (tertiary/aromatic N) is 6. The first-order chi connectivity index (χ1) is 22.2. The molecule has 2 N–H and O–H groups in total. The molecule has 0 bridgehead atoms. The average Bonchev–Trinajstić information content (AvgIpc) is 3.02. The van der Waals surface area contributed by atoms with Crippen molar-refractivity contribution in [1.82, 2.24) is 19.4 Å². The van der Waals surface area contributed by atoms with E-state index < -0.39 is 45.0 Å². The number of rotatable bonds is 5. The maximum Gasteiger partial charge on any atom is 0.276 e. The van der Waals surface area contributed by atoms with Crippen LogP contribution in [0, 0.1) is 35.7 Å². The number of benzene rings is 1. The number of fused-ring (bicyclic) bond motifs is 1. The van der Waals surface area contributed by atoms with Crippen molar-refractivity contribution in [2.24, 2.45) is 0 Å². The minimum Gasteiger partial charge on any atom is -0.394 e. The molecule has 0 radical (unpaired) electrons. The lowest BCUT2D eigenvalue weighted by atomic mass is 10.0. The molecule has 0 spiro atoms. The molecular weight excluding hydrogens is 654 g/mol. The van der Waals surface area contributed by atoms with Crippen LogP contribution in [0.25, 0.3) is 28.0 Å². The number of nitrogens with two attached hydrogens (primary N) is 1. The Morgan fingerprint density at radius 2 is 1.79 bits per heavy atom. The largest absolute Gasteiger partial charge is 0.394 e. The summed E-state index contributed by atoms with van der Waals surface area (Å²) in [6.07, 6.45) is 2.81. The van der Waals surface area contributed by atoms with Crippen molar-refractivity contribution < 1.29 is 18.0 Å². The Bertz CT molecular complexity index is 2050. The van der Waals surface area contributed by atoms with Gasteiger partial charge in [-0.1, -0.05) is 43.6 Å². The Balaban J connectivity index is 1.95. The topological polar surface area (TPSA) is 121 Å². The van der Waals surface area contributed by atoms with Gasteiger partial charge in [-0.05, 0) is 50.5 Å². The van der Waals surface area contributed by atoms with Gasteiger partial charge >= 0.3 is 0 Å². The summed E-state index contributed by atoms with van der Waals surface area (Å²) in [4.78, 5) is 39.7. The summed E-state index contributed by atoms with van der Waals surface area (Å²) in [5, 5.41) is 9.52. The molecule has 0 aliphatic carbocycles. The lowest BCUT2D eigenvalue weighted by Crippen LogP contribution is -2.58. The van der Waals surface area contributed by atoms with Gasteiger partial charge in [-0.2, -0.15) is 5.26 Å².